The maximum atomic E-state index is 8.73. The summed E-state index contributed by atoms with van der Waals surface area (Å²) in [5, 5.41) is 9.71. The SMILES string of the molecule is ONc1cc(Br)c2ncccc2c1. The van der Waals surface area contributed by atoms with Gasteiger partial charge >= 0.3 is 0 Å². The molecule has 66 valence electrons. The lowest BCUT2D eigenvalue weighted by Gasteiger charge is -2.03. The van der Waals surface area contributed by atoms with E-state index in [0.29, 0.717) is 5.69 Å². The third kappa shape index (κ3) is 1.50. The highest BCUT2D eigenvalue weighted by Crippen LogP contribution is 2.25. The van der Waals surface area contributed by atoms with Crippen LogP contribution in [-0.4, -0.2) is 10.2 Å². The van der Waals surface area contributed by atoms with E-state index >= 15 is 0 Å². The molecule has 0 aliphatic rings. The molecule has 0 aliphatic heterocycles. The van der Waals surface area contributed by atoms with Crippen LogP contribution in [0.25, 0.3) is 10.9 Å². The molecule has 3 nitrogen and oxygen atoms in total. The van der Waals surface area contributed by atoms with E-state index in [9.17, 15) is 0 Å². The molecule has 0 spiro atoms. The van der Waals surface area contributed by atoms with Crippen molar-refractivity contribution in [2.24, 2.45) is 0 Å². The molecule has 0 amide bonds. The van der Waals surface area contributed by atoms with Crippen LogP contribution in [0.5, 0.6) is 0 Å². The fourth-order valence-electron chi connectivity index (χ4n) is 1.21. The number of anilines is 1. The lowest BCUT2D eigenvalue weighted by atomic mass is 10.2. The quantitative estimate of drug-likeness (QED) is 0.752. The van der Waals surface area contributed by atoms with Gasteiger partial charge in [-0.2, -0.15) is 0 Å². The number of aromatic nitrogens is 1. The molecule has 13 heavy (non-hydrogen) atoms. The number of nitrogens with one attached hydrogen (secondary N) is 1. The Kier molecular flexibility index (Phi) is 2.16. The van der Waals surface area contributed by atoms with Gasteiger partial charge in [0.25, 0.3) is 0 Å². The van der Waals surface area contributed by atoms with Crippen LogP contribution in [0.1, 0.15) is 0 Å². The Morgan fingerprint density at radius 1 is 1.38 bits per heavy atom. The van der Waals surface area contributed by atoms with Gasteiger partial charge in [-0.25, -0.2) is 0 Å². The highest BCUT2D eigenvalue weighted by Gasteiger charge is 2.01. The van der Waals surface area contributed by atoms with E-state index in [1.165, 1.54) is 0 Å². The number of pyridine rings is 1. The van der Waals surface area contributed by atoms with Crippen molar-refractivity contribution in [2.75, 3.05) is 5.48 Å². The van der Waals surface area contributed by atoms with Gasteiger partial charge in [0.2, 0.25) is 0 Å². The number of benzene rings is 1. The van der Waals surface area contributed by atoms with Gasteiger partial charge in [0.05, 0.1) is 11.2 Å². The normalized spacial score (nSPS) is 10.3. The highest BCUT2D eigenvalue weighted by atomic mass is 79.9. The van der Waals surface area contributed by atoms with E-state index in [4.69, 9.17) is 5.21 Å². The first-order chi connectivity index (χ1) is 6.31. The Morgan fingerprint density at radius 3 is 3.00 bits per heavy atom. The van der Waals surface area contributed by atoms with Crippen LogP contribution in [0.4, 0.5) is 5.69 Å². The van der Waals surface area contributed by atoms with E-state index in [1.807, 2.05) is 18.2 Å². The molecule has 0 saturated carbocycles. The molecule has 4 heteroatoms. The van der Waals surface area contributed by atoms with E-state index in [1.54, 1.807) is 12.3 Å². The first-order valence-corrected chi connectivity index (χ1v) is 4.55. The fourth-order valence-corrected chi connectivity index (χ4v) is 1.79. The van der Waals surface area contributed by atoms with Crippen LogP contribution in [0.2, 0.25) is 0 Å². The van der Waals surface area contributed by atoms with Crippen molar-refractivity contribution in [3.8, 4) is 0 Å². The summed E-state index contributed by atoms with van der Waals surface area (Å²) >= 11 is 3.37. The molecule has 2 rings (SSSR count). The minimum Gasteiger partial charge on any atom is -0.291 e. The van der Waals surface area contributed by atoms with Crippen LogP contribution < -0.4 is 5.48 Å². The third-order valence-corrected chi connectivity index (χ3v) is 2.39. The number of nitrogens with zero attached hydrogens (tertiary/aromatic N) is 1. The lowest BCUT2D eigenvalue weighted by molar-refractivity contribution is 0.389. The summed E-state index contributed by atoms with van der Waals surface area (Å²) in [5.41, 5.74) is 3.64. The monoisotopic (exact) mass is 238 g/mol. The molecule has 2 N–H and O–H groups in total. The van der Waals surface area contributed by atoms with E-state index in [2.05, 4.69) is 26.4 Å². The maximum Gasteiger partial charge on any atom is 0.0845 e. The van der Waals surface area contributed by atoms with Gasteiger partial charge in [0, 0.05) is 16.1 Å². The van der Waals surface area contributed by atoms with Crippen LogP contribution in [0, 0.1) is 0 Å². The first kappa shape index (κ1) is 8.47. The highest BCUT2D eigenvalue weighted by molar-refractivity contribution is 9.10. The molecule has 2 aromatic rings. The van der Waals surface area contributed by atoms with Crippen LogP contribution >= 0.6 is 15.9 Å². The molecule has 0 atom stereocenters. The summed E-state index contributed by atoms with van der Waals surface area (Å²) in [4.78, 5) is 4.20. The molecule has 0 fully saturated rings. The molecule has 1 heterocycles. The second-order valence-electron chi connectivity index (χ2n) is 2.64. The zero-order valence-electron chi connectivity index (χ0n) is 6.66. The summed E-state index contributed by atoms with van der Waals surface area (Å²) in [7, 11) is 0. The predicted molar refractivity (Wildman–Crippen MR) is 54.9 cm³/mol. The average Bonchev–Trinajstić information content (AvgIpc) is 2.18. The molecular formula is C9H7BrN2O. The Hall–Kier alpha value is -1.13. The number of halogens is 1. The summed E-state index contributed by atoms with van der Waals surface area (Å²) in [5.74, 6) is 0. The fraction of sp³-hybridized carbons (Fsp3) is 0. The zero-order valence-corrected chi connectivity index (χ0v) is 8.25. The van der Waals surface area contributed by atoms with Crippen molar-refractivity contribution in [3.63, 3.8) is 0 Å². The Bertz CT molecular complexity index is 445. The van der Waals surface area contributed by atoms with E-state index in [0.717, 1.165) is 15.4 Å². The minimum absolute atomic E-state index is 0.646. The topological polar surface area (TPSA) is 45.1 Å². The van der Waals surface area contributed by atoms with Crippen LogP contribution in [0.15, 0.2) is 34.9 Å². The second kappa shape index (κ2) is 3.32. The smallest absolute Gasteiger partial charge is 0.0845 e. The number of hydrogen-bond acceptors (Lipinski definition) is 3. The van der Waals surface area contributed by atoms with Gasteiger partial charge in [-0.05, 0) is 34.1 Å². The van der Waals surface area contributed by atoms with Crippen LogP contribution in [0.3, 0.4) is 0 Å². The van der Waals surface area contributed by atoms with Crippen molar-refractivity contribution in [3.05, 3.63) is 34.9 Å². The Morgan fingerprint density at radius 2 is 2.23 bits per heavy atom. The number of hydrogen-bond donors (Lipinski definition) is 2. The zero-order chi connectivity index (χ0) is 9.26. The molecule has 0 saturated heterocycles. The molecule has 1 aromatic heterocycles. The molecule has 0 aliphatic carbocycles. The first-order valence-electron chi connectivity index (χ1n) is 3.75. The molecular weight excluding hydrogens is 232 g/mol. The van der Waals surface area contributed by atoms with E-state index in [-0.39, 0.29) is 0 Å². The molecule has 0 bridgehead atoms. The van der Waals surface area contributed by atoms with Crippen LogP contribution in [-0.2, 0) is 0 Å². The summed E-state index contributed by atoms with van der Waals surface area (Å²) in [6, 6.07) is 7.40. The van der Waals surface area contributed by atoms with Gasteiger partial charge in [0.15, 0.2) is 0 Å². The summed E-state index contributed by atoms with van der Waals surface area (Å²) < 4.78 is 0.863. The maximum absolute atomic E-state index is 8.73. The second-order valence-corrected chi connectivity index (χ2v) is 3.50. The number of fused-ring (bicyclic) bond motifs is 1. The van der Waals surface area contributed by atoms with E-state index < -0.39 is 0 Å². The van der Waals surface area contributed by atoms with Gasteiger partial charge < -0.3 is 0 Å². The Balaban J connectivity index is 2.77. The van der Waals surface area contributed by atoms with Crippen molar-refractivity contribution in [2.45, 2.75) is 0 Å². The third-order valence-electron chi connectivity index (χ3n) is 1.79. The van der Waals surface area contributed by atoms with Crippen molar-refractivity contribution < 1.29 is 5.21 Å². The summed E-state index contributed by atoms with van der Waals surface area (Å²) in [6.07, 6.45) is 1.74. The lowest BCUT2D eigenvalue weighted by Crippen LogP contribution is -1.89. The number of rotatable bonds is 1. The molecule has 0 radical (unpaired) electrons. The summed E-state index contributed by atoms with van der Waals surface area (Å²) in [6.45, 7) is 0. The van der Waals surface area contributed by atoms with Gasteiger partial charge in [-0.15, -0.1) is 0 Å². The van der Waals surface area contributed by atoms with Crippen molar-refractivity contribution in [1.29, 1.82) is 0 Å². The Labute approximate surface area is 83.5 Å². The molecule has 1 aromatic carbocycles. The average molecular weight is 239 g/mol. The standard InChI is InChI=1S/C9H7BrN2O/c10-8-5-7(12-13)4-6-2-1-3-11-9(6)8/h1-5,12-13H. The van der Waals surface area contributed by atoms with Crippen molar-refractivity contribution in [1.82, 2.24) is 4.98 Å². The van der Waals surface area contributed by atoms with Gasteiger partial charge in [0.1, 0.15) is 0 Å². The van der Waals surface area contributed by atoms with Crippen molar-refractivity contribution >= 4 is 32.5 Å². The largest absolute Gasteiger partial charge is 0.291 e. The van der Waals surface area contributed by atoms with Gasteiger partial charge in [-0.1, -0.05) is 6.07 Å². The molecule has 0 unspecified atom stereocenters. The minimum atomic E-state index is 0.646. The predicted octanol–water partition coefficient (Wildman–Crippen LogP) is 2.80. The van der Waals surface area contributed by atoms with Gasteiger partial charge in [-0.3, -0.25) is 15.7 Å².